The summed E-state index contributed by atoms with van der Waals surface area (Å²) in [5, 5.41) is 0.326. The summed E-state index contributed by atoms with van der Waals surface area (Å²) in [6.07, 6.45) is 2.50. The maximum Gasteiger partial charge on any atom is 0.355 e. The Morgan fingerprint density at radius 2 is 1.96 bits per heavy atom. The molecule has 0 atom stereocenters. The van der Waals surface area contributed by atoms with E-state index in [0.29, 0.717) is 17.3 Å². The molecule has 6 nitrogen and oxygen atoms in total. The van der Waals surface area contributed by atoms with Gasteiger partial charge < -0.3 is 4.90 Å². The molecule has 0 fully saturated rings. The third-order valence-corrected chi connectivity index (χ3v) is 4.79. The number of hydrogen-bond donors (Lipinski definition) is 0. The molecule has 24 heavy (non-hydrogen) atoms. The van der Waals surface area contributed by atoms with Crippen LogP contribution in [0.2, 0.25) is 0 Å². The number of pyridine rings is 1. The maximum absolute atomic E-state index is 12.5. The first-order chi connectivity index (χ1) is 11.7. The van der Waals surface area contributed by atoms with Crippen molar-refractivity contribution >= 4 is 29.0 Å². The first-order valence-corrected chi connectivity index (χ1v) is 8.57. The van der Waals surface area contributed by atoms with Gasteiger partial charge in [0.2, 0.25) is 5.91 Å². The fraction of sp³-hybridized carbons (Fsp3) is 0.176. The van der Waals surface area contributed by atoms with E-state index in [1.165, 1.54) is 21.7 Å². The van der Waals surface area contributed by atoms with Gasteiger partial charge in [0.15, 0.2) is 5.16 Å². The number of carbonyl (C=O) groups is 1. The SMILES string of the molecule is O=C(CSc1nc(=O)n2ccccc2n1)N1CCc2ccccc21. The average molecular weight is 338 g/mol. The molecule has 0 N–H and O–H groups in total. The predicted molar refractivity (Wildman–Crippen MR) is 92.5 cm³/mol. The molecule has 0 radical (unpaired) electrons. The number of benzene rings is 1. The van der Waals surface area contributed by atoms with Crippen LogP contribution in [0, 0.1) is 0 Å². The van der Waals surface area contributed by atoms with Crippen LogP contribution >= 0.6 is 11.8 Å². The van der Waals surface area contributed by atoms with Gasteiger partial charge >= 0.3 is 5.69 Å². The van der Waals surface area contributed by atoms with Gasteiger partial charge in [0.1, 0.15) is 5.65 Å². The average Bonchev–Trinajstić information content (AvgIpc) is 3.04. The fourth-order valence-electron chi connectivity index (χ4n) is 2.81. The van der Waals surface area contributed by atoms with Gasteiger partial charge in [0.05, 0.1) is 5.75 Å². The zero-order valence-electron chi connectivity index (χ0n) is 12.8. The van der Waals surface area contributed by atoms with Crippen LogP contribution in [0.3, 0.4) is 0 Å². The second-order valence-corrected chi connectivity index (χ2v) is 6.37. The number of para-hydroxylation sites is 1. The summed E-state index contributed by atoms with van der Waals surface area (Å²) in [6, 6.07) is 13.2. The Balaban J connectivity index is 1.51. The van der Waals surface area contributed by atoms with Crippen molar-refractivity contribution in [1.29, 1.82) is 0 Å². The normalized spacial score (nSPS) is 13.2. The number of hydrogen-bond acceptors (Lipinski definition) is 5. The maximum atomic E-state index is 12.5. The Kier molecular flexibility index (Phi) is 3.78. The van der Waals surface area contributed by atoms with Crippen LogP contribution < -0.4 is 10.6 Å². The minimum absolute atomic E-state index is 0.00168. The summed E-state index contributed by atoms with van der Waals surface area (Å²) in [4.78, 5) is 34.5. The quantitative estimate of drug-likeness (QED) is 0.681. The number of carbonyl (C=O) groups excluding carboxylic acids is 1. The van der Waals surface area contributed by atoms with Crippen molar-refractivity contribution in [2.75, 3.05) is 17.2 Å². The highest BCUT2D eigenvalue weighted by Crippen LogP contribution is 2.28. The number of amides is 1. The molecule has 4 rings (SSSR count). The third kappa shape index (κ3) is 2.67. The van der Waals surface area contributed by atoms with E-state index in [9.17, 15) is 9.59 Å². The van der Waals surface area contributed by atoms with E-state index in [-0.39, 0.29) is 17.3 Å². The summed E-state index contributed by atoms with van der Waals surface area (Å²) >= 11 is 1.19. The van der Waals surface area contributed by atoms with Gasteiger partial charge in [-0.15, -0.1) is 0 Å². The largest absolute Gasteiger partial charge is 0.355 e. The molecule has 120 valence electrons. The van der Waals surface area contributed by atoms with E-state index in [1.54, 1.807) is 23.2 Å². The van der Waals surface area contributed by atoms with E-state index < -0.39 is 0 Å². The molecule has 1 aromatic carbocycles. The van der Waals surface area contributed by atoms with Crippen LogP contribution in [0.5, 0.6) is 0 Å². The molecular formula is C17H14N4O2S. The second-order valence-electron chi connectivity index (χ2n) is 5.43. The van der Waals surface area contributed by atoms with Crippen molar-refractivity contribution in [3.05, 3.63) is 64.7 Å². The zero-order valence-corrected chi connectivity index (χ0v) is 13.6. The lowest BCUT2D eigenvalue weighted by molar-refractivity contribution is -0.116. The lowest BCUT2D eigenvalue weighted by atomic mass is 10.2. The molecule has 0 saturated carbocycles. The molecule has 0 saturated heterocycles. The highest BCUT2D eigenvalue weighted by molar-refractivity contribution is 7.99. The van der Waals surface area contributed by atoms with Gasteiger partial charge in [-0.2, -0.15) is 4.98 Å². The molecular weight excluding hydrogens is 324 g/mol. The number of anilines is 1. The smallest absolute Gasteiger partial charge is 0.311 e. The fourth-order valence-corrected chi connectivity index (χ4v) is 3.52. The van der Waals surface area contributed by atoms with E-state index >= 15 is 0 Å². The van der Waals surface area contributed by atoms with Gasteiger partial charge in [-0.3, -0.25) is 9.20 Å². The van der Waals surface area contributed by atoms with Crippen molar-refractivity contribution in [2.45, 2.75) is 11.6 Å². The second kappa shape index (κ2) is 6.09. The Hall–Kier alpha value is -2.67. The number of thioether (sulfide) groups is 1. The van der Waals surface area contributed by atoms with Gasteiger partial charge in [-0.05, 0) is 30.2 Å². The summed E-state index contributed by atoms with van der Waals surface area (Å²) in [7, 11) is 0. The zero-order chi connectivity index (χ0) is 16.5. The predicted octanol–water partition coefficient (Wildman–Crippen LogP) is 1.77. The number of rotatable bonds is 3. The number of fused-ring (bicyclic) bond motifs is 2. The number of nitrogens with zero attached hydrogens (tertiary/aromatic N) is 4. The lowest BCUT2D eigenvalue weighted by Gasteiger charge is -2.16. The van der Waals surface area contributed by atoms with Gasteiger partial charge in [0.25, 0.3) is 0 Å². The Labute approximate surface area is 142 Å². The van der Waals surface area contributed by atoms with Crippen LogP contribution in [-0.2, 0) is 11.2 Å². The van der Waals surface area contributed by atoms with Crippen molar-refractivity contribution in [2.24, 2.45) is 0 Å². The van der Waals surface area contributed by atoms with Crippen LogP contribution in [0.25, 0.3) is 5.65 Å². The summed E-state index contributed by atoms with van der Waals surface area (Å²) in [6.45, 7) is 0.694. The summed E-state index contributed by atoms with van der Waals surface area (Å²) in [5.41, 5.74) is 2.31. The summed E-state index contributed by atoms with van der Waals surface area (Å²) < 4.78 is 1.38. The first-order valence-electron chi connectivity index (χ1n) is 7.59. The topological polar surface area (TPSA) is 67.6 Å². The van der Waals surface area contributed by atoms with Crippen LogP contribution in [-0.4, -0.2) is 32.6 Å². The molecule has 2 aromatic heterocycles. The highest BCUT2D eigenvalue weighted by Gasteiger charge is 2.24. The van der Waals surface area contributed by atoms with E-state index in [1.807, 2.05) is 30.3 Å². The minimum Gasteiger partial charge on any atom is -0.311 e. The van der Waals surface area contributed by atoms with Crippen LogP contribution in [0.1, 0.15) is 5.56 Å². The minimum atomic E-state index is -0.387. The van der Waals surface area contributed by atoms with Crippen molar-refractivity contribution < 1.29 is 4.79 Å². The Bertz CT molecular complexity index is 985. The molecule has 3 heterocycles. The van der Waals surface area contributed by atoms with Gasteiger partial charge in [0, 0.05) is 18.4 Å². The van der Waals surface area contributed by atoms with Crippen molar-refractivity contribution in [3.63, 3.8) is 0 Å². The number of aromatic nitrogens is 3. The Morgan fingerprint density at radius 3 is 2.88 bits per heavy atom. The third-order valence-electron chi connectivity index (χ3n) is 3.96. The van der Waals surface area contributed by atoms with Gasteiger partial charge in [-0.1, -0.05) is 36.0 Å². The van der Waals surface area contributed by atoms with Crippen LogP contribution in [0.4, 0.5) is 5.69 Å². The summed E-state index contributed by atoms with van der Waals surface area (Å²) in [5.74, 6) is 0.207. The molecule has 1 amide bonds. The molecule has 7 heteroatoms. The van der Waals surface area contributed by atoms with Gasteiger partial charge in [-0.25, -0.2) is 9.78 Å². The highest BCUT2D eigenvalue weighted by atomic mass is 32.2. The van der Waals surface area contributed by atoms with Crippen molar-refractivity contribution in [3.8, 4) is 0 Å². The molecule has 0 bridgehead atoms. The molecule has 0 aliphatic carbocycles. The Morgan fingerprint density at radius 1 is 1.12 bits per heavy atom. The monoisotopic (exact) mass is 338 g/mol. The standard InChI is InChI=1S/C17H14N4O2S/c22-15(20-10-8-12-5-1-2-6-13(12)20)11-24-16-18-14-7-3-4-9-21(14)17(23)19-16/h1-7,9H,8,10-11H2. The van der Waals surface area contributed by atoms with E-state index in [4.69, 9.17) is 0 Å². The lowest BCUT2D eigenvalue weighted by Crippen LogP contribution is -2.30. The molecule has 3 aromatic rings. The van der Waals surface area contributed by atoms with E-state index in [0.717, 1.165) is 12.1 Å². The molecule has 0 unspecified atom stereocenters. The van der Waals surface area contributed by atoms with E-state index in [2.05, 4.69) is 9.97 Å². The molecule has 1 aliphatic rings. The first kappa shape index (κ1) is 14.9. The van der Waals surface area contributed by atoms with Crippen molar-refractivity contribution in [1.82, 2.24) is 14.4 Å². The molecule has 0 spiro atoms. The van der Waals surface area contributed by atoms with Crippen LogP contribution in [0.15, 0.2) is 58.6 Å². The molecule has 1 aliphatic heterocycles.